The minimum atomic E-state index is -0.427. The van der Waals surface area contributed by atoms with Crippen molar-refractivity contribution in [1.82, 2.24) is 14.9 Å². The molecule has 1 saturated carbocycles. The first kappa shape index (κ1) is 17.0. The molecule has 0 bridgehead atoms. The van der Waals surface area contributed by atoms with Crippen LogP contribution in [0.2, 0.25) is 5.02 Å². The Morgan fingerprint density at radius 1 is 1.40 bits per heavy atom. The van der Waals surface area contributed by atoms with Gasteiger partial charge in [0.1, 0.15) is 17.2 Å². The SMILES string of the molecule is Cc1cnc(C(=O)Nc2cccc(C(=N)N(C=N)C3CC3)n2)cc1Cl. The van der Waals surface area contributed by atoms with E-state index in [4.69, 9.17) is 22.4 Å². The topological polar surface area (TPSA) is 106 Å². The Labute approximate surface area is 150 Å². The Morgan fingerprint density at radius 2 is 2.16 bits per heavy atom. The second-order valence-electron chi connectivity index (χ2n) is 5.80. The molecule has 1 aliphatic rings. The zero-order valence-corrected chi connectivity index (χ0v) is 14.3. The molecule has 0 saturated heterocycles. The highest BCUT2D eigenvalue weighted by molar-refractivity contribution is 6.31. The zero-order valence-electron chi connectivity index (χ0n) is 13.6. The summed E-state index contributed by atoms with van der Waals surface area (Å²) >= 11 is 6.02. The maximum absolute atomic E-state index is 12.3. The molecule has 3 rings (SSSR count). The Hall–Kier alpha value is -2.80. The fourth-order valence-corrected chi connectivity index (χ4v) is 2.43. The summed E-state index contributed by atoms with van der Waals surface area (Å²) < 4.78 is 0. The molecule has 0 atom stereocenters. The van der Waals surface area contributed by atoms with E-state index in [2.05, 4.69) is 15.3 Å². The highest BCUT2D eigenvalue weighted by Crippen LogP contribution is 2.26. The third-order valence-electron chi connectivity index (χ3n) is 3.84. The van der Waals surface area contributed by atoms with Crippen molar-refractivity contribution in [3.63, 3.8) is 0 Å². The molecule has 7 nitrogen and oxygen atoms in total. The van der Waals surface area contributed by atoms with Gasteiger partial charge in [-0.2, -0.15) is 0 Å². The number of amides is 1. The summed E-state index contributed by atoms with van der Waals surface area (Å²) in [6.07, 6.45) is 4.61. The van der Waals surface area contributed by atoms with E-state index in [0.29, 0.717) is 16.5 Å². The fourth-order valence-electron chi connectivity index (χ4n) is 2.28. The van der Waals surface area contributed by atoms with E-state index in [-0.39, 0.29) is 17.6 Å². The number of aromatic nitrogens is 2. The number of nitrogens with one attached hydrogen (secondary N) is 3. The molecule has 0 aromatic carbocycles. The molecule has 25 heavy (non-hydrogen) atoms. The highest BCUT2D eigenvalue weighted by Gasteiger charge is 2.30. The van der Waals surface area contributed by atoms with Gasteiger partial charge >= 0.3 is 0 Å². The van der Waals surface area contributed by atoms with Gasteiger partial charge in [-0.15, -0.1) is 0 Å². The number of nitrogens with zero attached hydrogens (tertiary/aromatic N) is 3. The standard InChI is InChI=1S/C17H17ClN6O/c1-10-8-21-14(7-12(10)18)17(25)23-15-4-2-3-13(22-15)16(20)24(9-19)11-5-6-11/h2-4,7-9,11,19-20H,5-6H2,1H3,(H,22,23,25). The quantitative estimate of drug-likeness (QED) is 0.565. The summed E-state index contributed by atoms with van der Waals surface area (Å²) in [5, 5.41) is 18.8. The largest absolute Gasteiger partial charge is 0.313 e. The number of anilines is 1. The van der Waals surface area contributed by atoms with Crippen molar-refractivity contribution >= 4 is 35.5 Å². The number of aryl methyl sites for hydroxylation is 1. The first-order valence-corrected chi connectivity index (χ1v) is 8.16. The van der Waals surface area contributed by atoms with Crippen LogP contribution in [0.4, 0.5) is 5.82 Å². The molecule has 1 fully saturated rings. The third-order valence-corrected chi connectivity index (χ3v) is 4.25. The van der Waals surface area contributed by atoms with E-state index in [1.807, 2.05) is 6.92 Å². The van der Waals surface area contributed by atoms with Gasteiger partial charge in [-0.05, 0) is 43.5 Å². The van der Waals surface area contributed by atoms with E-state index < -0.39 is 5.91 Å². The summed E-state index contributed by atoms with van der Waals surface area (Å²) in [5.74, 6) is 0.0285. The molecule has 2 heterocycles. The van der Waals surface area contributed by atoms with Gasteiger partial charge in [0.05, 0.1) is 6.34 Å². The van der Waals surface area contributed by atoms with Crippen molar-refractivity contribution in [2.45, 2.75) is 25.8 Å². The smallest absolute Gasteiger partial charge is 0.275 e. The Kier molecular flexibility index (Phi) is 4.76. The van der Waals surface area contributed by atoms with Crippen LogP contribution in [0.1, 0.15) is 34.6 Å². The zero-order chi connectivity index (χ0) is 18.0. The number of hydrogen-bond acceptors (Lipinski definition) is 5. The summed E-state index contributed by atoms with van der Waals surface area (Å²) in [7, 11) is 0. The van der Waals surface area contributed by atoms with Crippen molar-refractivity contribution in [2.24, 2.45) is 0 Å². The summed E-state index contributed by atoms with van der Waals surface area (Å²) in [4.78, 5) is 22.2. The van der Waals surface area contributed by atoms with Crippen molar-refractivity contribution in [3.8, 4) is 0 Å². The van der Waals surface area contributed by atoms with Crippen LogP contribution >= 0.6 is 11.6 Å². The number of rotatable bonds is 5. The van der Waals surface area contributed by atoms with Crippen LogP contribution in [0.15, 0.2) is 30.5 Å². The molecule has 1 amide bonds. The van der Waals surface area contributed by atoms with Crippen LogP contribution in [0.5, 0.6) is 0 Å². The Bertz CT molecular complexity index is 849. The lowest BCUT2D eigenvalue weighted by Crippen LogP contribution is -2.32. The van der Waals surface area contributed by atoms with Crippen molar-refractivity contribution in [1.29, 1.82) is 10.8 Å². The van der Waals surface area contributed by atoms with Gasteiger partial charge in [-0.3, -0.25) is 20.6 Å². The number of pyridine rings is 2. The molecule has 1 aliphatic carbocycles. The van der Waals surface area contributed by atoms with Crippen molar-refractivity contribution < 1.29 is 4.79 Å². The van der Waals surface area contributed by atoms with Crippen molar-refractivity contribution in [2.75, 3.05) is 5.32 Å². The van der Waals surface area contributed by atoms with E-state index in [1.165, 1.54) is 12.3 Å². The van der Waals surface area contributed by atoms with E-state index in [0.717, 1.165) is 24.7 Å². The lowest BCUT2D eigenvalue weighted by Gasteiger charge is -2.18. The minimum Gasteiger partial charge on any atom is -0.313 e. The number of carbonyl (C=O) groups is 1. The van der Waals surface area contributed by atoms with Crippen LogP contribution in [0, 0.1) is 17.7 Å². The van der Waals surface area contributed by atoms with E-state index in [1.54, 1.807) is 23.1 Å². The van der Waals surface area contributed by atoms with Gasteiger partial charge in [0.15, 0.2) is 5.84 Å². The first-order chi connectivity index (χ1) is 12.0. The number of hydrogen-bond donors (Lipinski definition) is 3. The molecule has 0 unspecified atom stereocenters. The normalized spacial score (nSPS) is 13.2. The molecule has 0 radical (unpaired) electrons. The lowest BCUT2D eigenvalue weighted by atomic mass is 10.2. The fraction of sp³-hybridized carbons (Fsp3) is 0.235. The monoisotopic (exact) mass is 356 g/mol. The molecule has 2 aromatic heterocycles. The maximum atomic E-state index is 12.3. The molecule has 2 aromatic rings. The Morgan fingerprint density at radius 3 is 2.80 bits per heavy atom. The average Bonchev–Trinajstić information content (AvgIpc) is 3.43. The molecular weight excluding hydrogens is 340 g/mol. The maximum Gasteiger partial charge on any atom is 0.275 e. The van der Waals surface area contributed by atoms with Crippen LogP contribution < -0.4 is 5.32 Å². The third kappa shape index (κ3) is 3.83. The second kappa shape index (κ2) is 6.98. The lowest BCUT2D eigenvalue weighted by molar-refractivity contribution is 0.102. The van der Waals surface area contributed by atoms with Crippen molar-refractivity contribution in [3.05, 3.63) is 52.4 Å². The summed E-state index contributed by atoms with van der Waals surface area (Å²) in [6, 6.07) is 6.72. The van der Waals surface area contributed by atoms with Gasteiger partial charge < -0.3 is 10.2 Å². The molecule has 128 valence electrons. The van der Waals surface area contributed by atoms with Gasteiger partial charge in [-0.1, -0.05) is 17.7 Å². The predicted molar refractivity (Wildman–Crippen MR) is 96.6 cm³/mol. The second-order valence-corrected chi connectivity index (χ2v) is 6.20. The van der Waals surface area contributed by atoms with Crippen LogP contribution in [-0.2, 0) is 0 Å². The molecule has 3 N–H and O–H groups in total. The van der Waals surface area contributed by atoms with E-state index >= 15 is 0 Å². The van der Waals surface area contributed by atoms with E-state index in [9.17, 15) is 4.79 Å². The van der Waals surface area contributed by atoms with Crippen LogP contribution in [0.3, 0.4) is 0 Å². The molecule has 0 aliphatic heterocycles. The predicted octanol–water partition coefficient (Wildman–Crippen LogP) is 3.09. The molecule has 8 heteroatoms. The van der Waals surface area contributed by atoms with Gasteiger partial charge in [0, 0.05) is 17.3 Å². The highest BCUT2D eigenvalue weighted by atomic mass is 35.5. The van der Waals surface area contributed by atoms with Gasteiger partial charge in [0.25, 0.3) is 5.91 Å². The van der Waals surface area contributed by atoms with Gasteiger partial charge in [0.2, 0.25) is 0 Å². The molecular formula is C17H17ClN6O. The summed E-state index contributed by atoms with van der Waals surface area (Å²) in [6.45, 7) is 1.81. The molecule has 0 spiro atoms. The minimum absolute atomic E-state index is 0.144. The van der Waals surface area contributed by atoms with Crippen LogP contribution in [-0.4, -0.2) is 39.0 Å². The van der Waals surface area contributed by atoms with Gasteiger partial charge in [-0.25, -0.2) is 4.98 Å². The average molecular weight is 357 g/mol. The first-order valence-electron chi connectivity index (χ1n) is 7.78. The Balaban J connectivity index is 1.77. The number of halogens is 1. The number of carbonyl (C=O) groups excluding carboxylic acids is 1. The summed E-state index contributed by atoms with van der Waals surface area (Å²) in [5.41, 5.74) is 1.37. The van der Waals surface area contributed by atoms with Crippen LogP contribution in [0.25, 0.3) is 0 Å². The number of amidine groups is 1.